The van der Waals surface area contributed by atoms with Crippen molar-refractivity contribution in [2.24, 2.45) is 0 Å². The van der Waals surface area contributed by atoms with Gasteiger partial charge in [0.2, 0.25) is 11.6 Å². The number of esters is 1. The fourth-order valence-electron chi connectivity index (χ4n) is 2.57. The highest BCUT2D eigenvalue weighted by Crippen LogP contribution is 2.32. The second kappa shape index (κ2) is 9.50. The second-order valence-electron chi connectivity index (χ2n) is 5.90. The van der Waals surface area contributed by atoms with Crippen molar-refractivity contribution in [1.29, 1.82) is 0 Å². The number of carbonyl (C=O) groups excluding carboxylic acids is 2. The van der Waals surface area contributed by atoms with E-state index in [1.807, 2.05) is 0 Å². The zero-order chi connectivity index (χ0) is 22.4. The summed E-state index contributed by atoms with van der Waals surface area (Å²) in [5, 5.41) is 14.6. The molecule has 1 amide bonds. The van der Waals surface area contributed by atoms with Gasteiger partial charge < -0.3 is 10.1 Å². The van der Waals surface area contributed by atoms with Gasteiger partial charge in [0.15, 0.2) is 0 Å². The van der Waals surface area contributed by atoms with Crippen LogP contribution in [0, 0.1) is 10.1 Å². The summed E-state index contributed by atoms with van der Waals surface area (Å²) in [5.74, 6) is -1.74. The molecule has 12 heteroatoms. The van der Waals surface area contributed by atoms with Gasteiger partial charge in [0.1, 0.15) is 6.33 Å². The maximum Gasteiger partial charge on any atom is 0.355 e. The molecule has 0 atom stereocenters. The number of hydrogen-bond acceptors (Lipinski definition) is 9. The molecule has 1 aromatic heterocycles. The van der Waals surface area contributed by atoms with Crippen molar-refractivity contribution >= 4 is 46.5 Å². The molecule has 0 aliphatic carbocycles. The number of nitrogens with zero attached hydrogens (tertiary/aromatic N) is 3. The normalized spacial score (nSPS) is 10.1. The van der Waals surface area contributed by atoms with E-state index >= 15 is 0 Å². The van der Waals surface area contributed by atoms with Crippen LogP contribution in [0.2, 0.25) is 5.02 Å². The van der Waals surface area contributed by atoms with E-state index in [4.69, 9.17) is 16.3 Å². The van der Waals surface area contributed by atoms with Crippen LogP contribution in [0.25, 0.3) is 0 Å². The molecule has 0 unspecified atom stereocenters. The Labute approximate surface area is 180 Å². The van der Waals surface area contributed by atoms with E-state index in [9.17, 15) is 19.7 Å². The number of anilines is 3. The lowest BCUT2D eigenvalue weighted by molar-refractivity contribution is -0.383. The molecule has 0 saturated heterocycles. The fourth-order valence-corrected chi connectivity index (χ4v) is 2.79. The number of halogens is 1. The molecule has 31 heavy (non-hydrogen) atoms. The smallest absolute Gasteiger partial charge is 0.355 e. The minimum Gasteiger partial charge on any atom is -0.465 e. The summed E-state index contributed by atoms with van der Waals surface area (Å²) in [5.41, 5.74) is 4.73. The Morgan fingerprint density at radius 3 is 2.35 bits per heavy atom. The van der Waals surface area contributed by atoms with Gasteiger partial charge in [0.05, 0.1) is 33.9 Å². The Bertz CT molecular complexity index is 1160. The standard InChI is InChI=1S/C19H15ClN6O5/c1-31-19(28)12-7-3-5-9-14(12)23-16-15(26(29)30)17(22-10-21-16)24-25-18(27)11-6-2-4-8-13(11)20/h2-10H,1H3,(H,25,27)(H2,21,22,23,24). The van der Waals surface area contributed by atoms with Crippen molar-refractivity contribution in [1.82, 2.24) is 15.4 Å². The SMILES string of the molecule is COC(=O)c1ccccc1Nc1ncnc(NNC(=O)c2ccccc2Cl)c1[N+](=O)[O-]. The van der Waals surface area contributed by atoms with Gasteiger partial charge in [-0.3, -0.25) is 25.8 Å². The highest BCUT2D eigenvalue weighted by atomic mass is 35.5. The maximum atomic E-state index is 12.3. The molecule has 0 saturated carbocycles. The summed E-state index contributed by atoms with van der Waals surface area (Å²) in [6, 6.07) is 12.6. The van der Waals surface area contributed by atoms with Gasteiger partial charge >= 0.3 is 11.7 Å². The first-order chi connectivity index (χ1) is 14.9. The number of aromatic nitrogens is 2. The fraction of sp³-hybridized carbons (Fsp3) is 0.0526. The quantitative estimate of drug-likeness (QED) is 0.284. The second-order valence-corrected chi connectivity index (χ2v) is 6.30. The molecule has 3 aromatic rings. The van der Waals surface area contributed by atoms with Crippen LogP contribution in [0.4, 0.5) is 23.0 Å². The summed E-state index contributed by atoms with van der Waals surface area (Å²) in [7, 11) is 1.22. The van der Waals surface area contributed by atoms with Crippen molar-refractivity contribution < 1.29 is 19.2 Å². The summed E-state index contributed by atoms with van der Waals surface area (Å²) in [4.78, 5) is 42.9. The third-order valence-corrected chi connectivity index (χ3v) is 4.33. The average Bonchev–Trinajstić information content (AvgIpc) is 2.77. The molecule has 0 spiro atoms. The average molecular weight is 443 g/mol. The highest BCUT2D eigenvalue weighted by Gasteiger charge is 2.25. The molecular weight excluding hydrogens is 428 g/mol. The monoisotopic (exact) mass is 442 g/mol. The number of hydrazine groups is 1. The van der Waals surface area contributed by atoms with Crippen LogP contribution >= 0.6 is 11.6 Å². The minimum absolute atomic E-state index is 0.152. The Kier molecular flexibility index (Phi) is 6.58. The Hall–Kier alpha value is -4.25. The van der Waals surface area contributed by atoms with E-state index in [1.54, 1.807) is 24.3 Å². The van der Waals surface area contributed by atoms with Crippen molar-refractivity contribution in [2.45, 2.75) is 0 Å². The van der Waals surface area contributed by atoms with Crippen LogP contribution in [0.15, 0.2) is 54.9 Å². The predicted octanol–water partition coefficient (Wildman–Crippen LogP) is 3.33. The lowest BCUT2D eigenvalue weighted by atomic mass is 10.2. The first-order valence-corrected chi connectivity index (χ1v) is 9.04. The largest absolute Gasteiger partial charge is 0.465 e. The van der Waals surface area contributed by atoms with Crippen LogP contribution in [-0.4, -0.2) is 33.9 Å². The van der Waals surface area contributed by atoms with Crippen molar-refractivity contribution in [2.75, 3.05) is 17.9 Å². The Balaban J connectivity index is 1.89. The zero-order valence-corrected chi connectivity index (χ0v) is 16.7. The molecule has 2 aromatic carbocycles. The van der Waals surface area contributed by atoms with Gasteiger partial charge in [-0.2, -0.15) is 0 Å². The number of nitrogens with one attached hydrogen (secondary N) is 3. The van der Waals surface area contributed by atoms with Gasteiger partial charge in [0, 0.05) is 0 Å². The molecule has 0 bridgehead atoms. The van der Waals surface area contributed by atoms with E-state index in [0.717, 1.165) is 6.33 Å². The van der Waals surface area contributed by atoms with Crippen LogP contribution in [0.1, 0.15) is 20.7 Å². The molecular formula is C19H15ClN6O5. The molecule has 11 nitrogen and oxygen atoms in total. The van der Waals surface area contributed by atoms with Gasteiger partial charge in [-0.1, -0.05) is 35.9 Å². The number of methoxy groups -OCH3 is 1. The van der Waals surface area contributed by atoms with Crippen LogP contribution < -0.4 is 16.2 Å². The minimum atomic E-state index is -0.729. The number of rotatable bonds is 7. The van der Waals surface area contributed by atoms with Crippen molar-refractivity contribution in [3.63, 3.8) is 0 Å². The van der Waals surface area contributed by atoms with Crippen molar-refractivity contribution in [3.8, 4) is 0 Å². The summed E-state index contributed by atoms with van der Waals surface area (Å²) in [6.07, 6.45) is 1.06. The summed E-state index contributed by atoms with van der Waals surface area (Å²) in [6.45, 7) is 0. The molecule has 0 aliphatic heterocycles. The molecule has 0 aliphatic rings. The number of amides is 1. The topological polar surface area (TPSA) is 148 Å². The number of nitro groups is 1. The number of hydrogen-bond donors (Lipinski definition) is 3. The predicted molar refractivity (Wildman–Crippen MR) is 112 cm³/mol. The van der Waals surface area contributed by atoms with Crippen LogP contribution in [-0.2, 0) is 4.74 Å². The maximum absolute atomic E-state index is 12.3. The van der Waals surface area contributed by atoms with E-state index in [2.05, 4.69) is 26.1 Å². The summed E-state index contributed by atoms with van der Waals surface area (Å²) >= 11 is 5.98. The Morgan fingerprint density at radius 2 is 1.68 bits per heavy atom. The molecule has 3 rings (SSSR count). The van der Waals surface area contributed by atoms with Gasteiger partial charge in [-0.25, -0.2) is 14.8 Å². The van der Waals surface area contributed by atoms with Crippen molar-refractivity contribution in [3.05, 3.63) is 81.1 Å². The number of para-hydroxylation sites is 1. The van der Waals surface area contributed by atoms with E-state index in [-0.39, 0.29) is 33.5 Å². The van der Waals surface area contributed by atoms with Gasteiger partial charge in [-0.15, -0.1) is 0 Å². The molecule has 0 radical (unpaired) electrons. The molecule has 3 N–H and O–H groups in total. The summed E-state index contributed by atoms with van der Waals surface area (Å²) < 4.78 is 4.72. The van der Waals surface area contributed by atoms with E-state index in [0.29, 0.717) is 0 Å². The lowest BCUT2D eigenvalue weighted by Crippen LogP contribution is -2.30. The van der Waals surface area contributed by atoms with E-state index < -0.39 is 22.5 Å². The van der Waals surface area contributed by atoms with Gasteiger partial charge in [-0.05, 0) is 24.3 Å². The molecule has 1 heterocycles. The highest BCUT2D eigenvalue weighted by molar-refractivity contribution is 6.33. The lowest BCUT2D eigenvalue weighted by Gasteiger charge is -2.12. The first kappa shape index (κ1) is 21.5. The molecule has 158 valence electrons. The van der Waals surface area contributed by atoms with Gasteiger partial charge in [0.25, 0.3) is 5.91 Å². The Morgan fingerprint density at radius 1 is 1.03 bits per heavy atom. The first-order valence-electron chi connectivity index (χ1n) is 8.67. The zero-order valence-electron chi connectivity index (χ0n) is 16.0. The number of ether oxygens (including phenoxy) is 1. The number of benzene rings is 2. The molecule has 0 fully saturated rings. The van der Waals surface area contributed by atoms with Crippen LogP contribution in [0.5, 0.6) is 0 Å². The van der Waals surface area contributed by atoms with E-state index in [1.165, 1.54) is 31.4 Å². The van der Waals surface area contributed by atoms with Crippen LogP contribution in [0.3, 0.4) is 0 Å². The third kappa shape index (κ3) is 4.85. The number of carbonyl (C=O) groups is 2. The third-order valence-electron chi connectivity index (χ3n) is 4.00.